The van der Waals surface area contributed by atoms with Gasteiger partial charge in [-0.15, -0.1) is 0 Å². The molecule has 2 aliphatic rings. The van der Waals surface area contributed by atoms with Gasteiger partial charge >= 0.3 is 0 Å². The zero-order valence-corrected chi connectivity index (χ0v) is 17.3. The van der Waals surface area contributed by atoms with Crippen LogP contribution in [0.1, 0.15) is 41.7 Å². The molecule has 5 rings (SSSR count). The maximum absolute atomic E-state index is 12.8. The fraction of sp³-hybridized carbons (Fsp3) is 0.261. The Balaban J connectivity index is 1.51. The molecule has 3 aromatic rings. The Bertz CT molecular complexity index is 1100. The Kier molecular flexibility index (Phi) is 4.96. The summed E-state index contributed by atoms with van der Waals surface area (Å²) in [4.78, 5) is 20.7. The van der Waals surface area contributed by atoms with Crippen molar-refractivity contribution in [2.45, 2.75) is 38.1 Å². The van der Waals surface area contributed by atoms with Crippen LogP contribution in [0.15, 0.2) is 48.7 Å². The molecule has 0 unspecified atom stereocenters. The summed E-state index contributed by atoms with van der Waals surface area (Å²) in [5.41, 5.74) is 5.39. The molecule has 1 saturated carbocycles. The average Bonchev–Trinajstić information content (AvgIpc) is 3.48. The minimum atomic E-state index is 0.180. The number of ketones is 1. The molecule has 0 aliphatic heterocycles. The molecule has 0 saturated heterocycles. The van der Waals surface area contributed by atoms with Crippen molar-refractivity contribution in [2.24, 2.45) is 0 Å². The molecule has 4 N–H and O–H groups in total. The number of Topliss-reactive ketones (excluding diaryl/α,β-unsaturated/α-hetero) is 1. The van der Waals surface area contributed by atoms with Crippen molar-refractivity contribution < 1.29 is 4.79 Å². The van der Waals surface area contributed by atoms with Crippen LogP contribution in [0.25, 0.3) is 11.3 Å². The third-order valence-corrected chi connectivity index (χ3v) is 5.65. The number of para-hydroxylation sites is 1. The third kappa shape index (κ3) is 3.93. The van der Waals surface area contributed by atoms with Crippen molar-refractivity contribution in [3.05, 3.63) is 59.9 Å². The highest BCUT2D eigenvalue weighted by atomic mass is 32.1. The summed E-state index contributed by atoms with van der Waals surface area (Å²) in [6.07, 6.45) is 6.40. The Hall–Kier alpha value is -3.19. The number of benzene rings is 1. The molecular weight excluding hydrogens is 394 g/mol. The van der Waals surface area contributed by atoms with Crippen LogP contribution in [0.4, 0.5) is 17.2 Å². The Morgan fingerprint density at radius 1 is 1.13 bits per heavy atom. The van der Waals surface area contributed by atoms with E-state index in [1.165, 1.54) is 0 Å². The van der Waals surface area contributed by atoms with E-state index in [2.05, 4.69) is 25.9 Å². The average molecular weight is 418 g/mol. The molecule has 0 spiro atoms. The second-order valence-electron chi connectivity index (χ2n) is 7.80. The van der Waals surface area contributed by atoms with E-state index in [-0.39, 0.29) is 5.78 Å². The van der Waals surface area contributed by atoms with Gasteiger partial charge in [0.25, 0.3) is 0 Å². The minimum Gasteiger partial charge on any atom is -0.360 e. The van der Waals surface area contributed by atoms with E-state index in [1.54, 1.807) is 6.20 Å². The second kappa shape index (κ2) is 7.91. The van der Waals surface area contributed by atoms with Gasteiger partial charge in [-0.25, -0.2) is 4.98 Å². The lowest BCUT2D eigenvalue weighted by atomic mass is 9.95. The number of fused-ring (bicyclic) bond motifs is 1. The smallest absolute Gasteiger partial charge is 0.172 e. The maximum atomic E-state index is 12.8. The molecule has 30 heavy (non-hydrogen) atoms. The molecule has 2 aromatic heterocycles. The van der Waals surface area contributed by atoms with E-state index in [1.807, 2.05) is 42.5 Å². The topological polar surface area (TPSA) is 81.8 Å². The van der Waals surface area contributed by atoms with Gasteiger partial charge in [0.05, 0.1) is 16.9 Å². The van der Waals surface area contributed by atoms with Crippen LogP contribution in [0.5, 0.6) is 0 Å². The first-order valence-corrected chi connectivity index (χ1v) is 10.7. The van der Waals surface area contributed by atoms with Crippen LogP contribution in [-0.2, 0) is 6.42 Å². The highest BCUT2D eigenvalue weighted by Gasteiger charge is 2.27. The van der Waals surface area contributed by atoms with E-state index in [9.17, 15) is 4.79 Å². The normalized spacial score (nSPS) is 15.4. The number of nitrogens with one attached hydrogen (secondary N) is 4. The lowest BCUT2D eigenvalue weighted by molar-refractivity contribution is 0.0973. The Morgan fingerprint density at radius 2 is 1.97 bits per heavy atom. The van der Waals surface area contributed by atoms with Gasteiger partial charge in [0.15, 0.2) is 10.9 Å². The van der Waals surface area contributed by atoms with Crippen LogP contribution in [0, 0.1) is 0 Å². The number of nitrogens with zero attached hydrogens (tertiary/aromatic N) is 1. The SMILES string of the molecule is O=C1CCCc2[nH]c(-c3ccnc(NC(=S)NC4CC4)c3)c(Nc3ccccc3)c21. The van der Waals surface area contributed by atoms with Crippen molar-refractivity contribution in [1.82, 2.24) is 15.3 Å². The van der Waals surface area contributed by atoms with Crippen LogP contribution < -0.4 is 16.0 Å². The zero-order chi connectivity index (χ0) is 20.5. The van der Waals surface area contributed by atoms with E-state index >= 15 is 0 Å². The maximum Gasteiger partial charge on any atom is 0.172 e. The van der Waals surface area contributed by atoms with Gasteiger partial charge in [-0.3, -0.25) is 4.79 Å². The number of aromatic nitrogens is 2. The first-order chi connectivity index (χ1) is 14.7. The summed E-state index contributed by atoms with van der Waals surface area (Å²) in [7, 11) is 0. The molecule has 152 valence electrons. The van der Waals surface area contributed by atoms with Crippen LogP contribution in [0.2, 0.25) is 0 Å². The Morgan fingerprint density at radius 3 is 2.77 bits per heavy atom. The Labute approximate surface area is 180 Å². The minimum absolute atomic E-state index is 0.180. The summed E-state index contributed by atoms with van der Waals surface area (Å²) in [5.74, 6) is 0.856. The fourth-order valence-electron chi connectivity index (χ4n) is 3.82. The van der Waals surface area contributed by atoms with Crippen molar-refractivity contribution in [1.29, 1.82) is 0 Å². The number of anilines is 3. The van der Waals surface area contributed by atoms with Crippen molar-refractivity contribution in [2.75, 3.05) is 10.6 Å². The molecule has 0 atom stereocenters. The van der Waals surface area contributed by atoms with E-state index < -0.39 is 0 Å². The van der Waals surface area contributed by atoms with Gasteiger partial charge in [0, 0.05) is 35.6 Å². The quantitative estimate of drug-likeness (QED) is 0.447. The van der Waals surface area contributed by atoms with Crippen molar-refractivity contribution in [3.8, 4) is 11.3 Å². The predicted octanol–water partition coefficient (Wildman–Crippen LogP) is 4.79. The number of hydrogen-bond acceptors (Lipinski definition) is 4. The number of rotatable bonds is 5. The number of aromatic amines is 1. The summed E-state index contributed by atoms with van der Waals surface area (Å²) in [6.45, 7) is 0. The number of carbonyl (C=O) groups is 1. The van der Waals surface area contributed by atoms with Gasteiger partial charge in [-0.1, -0.05) is 18.2 Å². The van der Waals surface area contributed by atoms with Crippen molar-refractivity contribution >= 4 is 40.3 Å². The van der Waals surface area contributed by atoms with Gasteiger partial charge in [-0.2, -0.15) is 0 Å². The lowest BCUT2D eigenvalue weighted by Gasteiger charge is -2.14. The lowest BCUT2D eigenvalue weighted by Crippen LogP contribution is -2.30. The molecule has 1 fully saturated rings. The van der Waals surface area contributed by atoms with E-state index in [0.717, 1.165) is 59.6 Å². The zero-order valence-electron chi connectivity index (χ0n) is 16.5. The molecule has 0 radical (unpaired) electrons. The molecule has 0 bridgehead atoms. The number of thiocarbonyl (C=S) groups is 1. The van der Waals surface area contributed by atoms with Gasteiger partial charge in [0.1, 0.15) is 5.82 Å². The van der Waals surface area contributed by atoms with Crippen molar-refractivity contribution in [3.63, 3.8) is 0 Å². The van der Waals surface area contributed by atoms with Crippen LogP contribution >= 0.6 is 12.2 Å². The summed E-state index contributed by atoms with van der Waals surface area (Å²) in [5, 5.41) is 10.5. The number of carbonyl (C=O) groups excluding carboxylic acids is 1. The van der Waals surface area contributed by atoms with Gasteiger partial charge < -0.3 is 20.9 Å². The number of H-pyrrole nitrogens is 1. The molecule has 2 aliphatic carbocycles. The molecule has 7 heteroatoms. The third-order valence-electron chi connectivity index (χ3n) is 5.43. The standard InChI is InChI=1S/C23H23N5OS/c29-18-8-4-7-17-20(18)22(25-15-5-2-1-3-6-15)21(27-17)14-11-12-24-19(13-14)28-23(30)26-16-9-10-16/h1-3,5-6,11-13,16,25,27H,4,7-10H2,(H2,24,26,28,30). The largest absolute Gasteiger partial charge is 0.360 e. The molecule has 0 amide bonds. The van der Waals surface area contributed by atoms with Crippen LogP contribution in [0.3, 0.4) is 0 Å². The highest BCUT2D eigenvalue weighted by molar-refractivity contribution is 7.80. The monoisotopic (exact) mass is 417 g/mol. The summed E-state index contributed by atoms with van der Waals surface area (Å²) in [6, 6.07) is 14.3. The molecule has 1 aromatic carbocycles. The predicted molar refractivity (Wildman–Crippen MR) is 123 cm³/mol. The number of aryl methyl sites for hydroxylation is 1. The van der Waals surface area contributed by atoms with Crippen LogP contribution in [-0.4, -0.2) is 26.9 Å². The molecular formula is C23H23N5OS. The number of pyridine rings is 1. The summed E-state index contributed by atoms with van der Waals surface area (Å²) >= 11 is 5.38. The molecule has 6 nitrogen and oxygen atoms in total. The number of hydrogen-bond donors (Lipinski definition) is 4. The van der Waals surface area contributed by atoms with Gasteiger partial charge in [0.2, 0.25) is 0 Å². The van der Waals surface area contributed by atoms with E-state index in [0.29, 0.717) is 23.4 Å². The second-order valence-corrected chi connectivity index (χ2v) is 8.21. The highest BCUT2D eigenvalue weighted by Crippen LogP contribution is 2.39. The molecule has 2 heterocycles. The van der Waals surface area contributed by atoms with Gasteiger partial charge in [-0.05, 0) is 62.2 Å². The first kappa shape index (κ1) is 18.8. The first-order valence-electron chi connectivity index (χ1n) is 10.3. The summed E-state index contributed by atoms with van der Waals surface area (Å²) < 4.78 is 0. The fourth-order valence-corrected chi connectivity index (χ4v) is 4.10. The van der Waals surface area contributed by atoms with E-state index in [4.69, 9.17) is 12.2 Å².